The van der Waals surface area contributed by atoms with Crippen LogP contribution in [0.25, 0.3) is 0 Å². The smallest absolute Gasteiger partial charge is 0.237 e. The van der Waals surface area contributed by atoms with E-state index in [9.17, 15) is 15.0 Å². The lowest BCUT2D eigenvalue weighted by atomic mass is 10.1. The van der Waals surface area contributed by atoms with Crippen LogP contribution in [-0.4, -0.2) is 55.1 Å². The van der Waals surface area contributed by atoms with Crippen molar-refractivity contribution in [2.45, 2.75) is 12.5 Å². The Labute approximate surface area is 135 Å². The number of amides is 1. The van der Waals surface area contributed by atoms with Crippen molar-refractivity contribution in [1.29, 1.82) is 0 Å². The molecule has 5 N–H and O–H groups in total. The van der Waals surface area contributed by atoms with Crippen molar-refractivity contribution in [2.75, 3.05) is 33.0 Å². The van der Waals surface area contributed by atoms with Gasteiger partial charge in [-0.15, -0.1) is 6.42 Å². The average molecular weight is 322 g/mol. The van der Waals surface area contributed by atoms with Gasteiger partial charge in [-0.2, -0.15) is 0 Å². The minimum absolute atomic E-state index is 0.213. The van der Waals surface area contributed by atoms with E-state index >= 15 is 0 Å². The maximum absolute atomic E-state index is 11.8. The van der Waals surface area contributed by atoms with Gasteiger partial charge in [-0.25, -0.2) is 0 Å². The molecule has 0 aliphatic rings. The van der Waals surface area contributed by atoms with Crippen LogP contribution in [0.1, 0.15) is 5.56 Å². The van der Waals surface area contributed by atoms with Crippen LogP contribution in [0, 0.1) is 12.3 Å². The Hall–Kier alpha value is -2.27. The molecule has 23 heavy (non-hydrogen) atoms. The van der Waals surface area contributed by atoms with E-state index in [0.29, 0.717) is 31.9 Å². The highest BCUT2D eigenvalue weighted by Crippen LogP contribution is 2.25. The summed E-state index contributed by atoms with van der Waals surface area (Å²) in [6.45, 7) is 1.74. The predicted octanol–water partition coefficient (Wildman–Crippen LogP) is -0.250. The van der Waals surface area contributed by atoms with Crippen LogP contribution in [0.15, 0.2) is 18.2 Å². The molecule has 1 rings (SSSR count). The van der Waals surface area contributed by atoms with E-state index < -0.39 is 6.04 Å². The summed E-state index contributed by atoms with van der Waals surface area (Å²) in [5, 5.41) is 21.3. The molecule has 7 heteroatoms. The highest BCUT2D eigenvalue weighted by atomic mass is 16.5. The summed E-state index contributed by atoms with van der Waals surface area (Å²) in [5.41, 5.74) is 6.45. The van der Waals surface area contributed by atoms with E-state index in [-0.39, 0.29) is 30.4 Å². The summed E-state index contributed by atoms with van der Waals surface area (Å²) in [4.78, 5) is 11.8. The Balaban J connectivity index is 2.19. The molecule has 0 saturated heterocycles. The van der Waals surface area contributed by atoms with Crippen molar-refractivity contribution in [1.82, 2.24) is 5.32 Å². The minimum Gasteiger partial charge on any atom is -0.504 e. The molecular formula is C16H22N2O5. The standard InChI is InChI=1S/C16H22N2O5/c1-2-6-22-8-9-23-7-5-18-16(21)13(17)10-12-3-4-14(19)15(20)11-12/h1,3-4,11,13,19-20H,5-10,17H2,(H,18,21)/t13-/m0/s1. The molecule has 0 heterocycles. The van der Waals surface area contributed by atoms with Gasteiger partial charge in [-0.1, -0.05) is 12.0 Å². The first-order chi connectivity index (χ1) is 11.0. The Kier molecular flexibility index (Phi) is 8.54. The number of phenols is 2. The minimum atomic E-state index is -0.752. The number of nitrogens with two attached hydrogens (primary N) is 1. The van der Waals surface area contributed by atoms with Crippen LogP contribution < -0.4 is 11.1 Å². The number of carbonyl (C=O) groups excluding carboxylic acids is 1. The number of carbonyl (C=O) groups is 1. The highest BCUT2D eigenvalue weighted by molar-refractivity contribution is 5.81. The Morgan fingerprint density at radius 2 is 2.00 bits per heavy atom. The molecule has 1 atom stereocenters. The summed E-state index contributed by atoms with van der Waals surface area (Å²) < 4.78 is 10.3. The zero-order valence-corrected chi connectivity index (χ0v) is 12.8. The van der Waals surface area contributed by atoms with Crippen LogP contribution in [-0.2, 0) is 20.7 Å². The summed E-state index contributed by atoms with van der Waals surface area (Å²) in [6, 6.07) is 3.58. The summed E-state index contributed by atoms with van der Waals surface area (Å²) in [5.74, 6) is 1.58. The second kappa shape index (κ2) is 10.5. The monoisotopic (exact) mass is 322 g/mol. The van der Waals surface area contributed by atoms with E-state index in [4.69, 9.17) is 21.6 Å². The molecule has 0 spiro atoms. The number of terminal acetylenes is 1. The van der Waals surface area contributed by atoms with Crippen molar-refractivity contribution in [3.05, 3.63) is 23.8 Å². The molecule has 0 aromatic heterocycles. The molecule has 0 radical (unpaired) electrons. The van der Waals surface area contributed by atoms with E-state index in [1.807, 2.05) is 0 Å². The van der Waals surface area contributed by atoms with Gasteiger partial charge in [0.2, 0.25) is 5.91 Å². The largest absolute Gasteiger partial charge is 0.504 e. The van der Waals surface area contributed by atoms with Crippen LogP contribution in [0.5, 0.6) is 11.5 Å². The number of hydrogen-bond donors (Lipinski definition) is 4. The quantitative estimate of drug-likeness (QED) is 0.268. The number of rotatable bonds is 10. The normalized spacial score (nSPS) is 11.7. The fourth-order valence-corrected chi connectivity index (χ4v) is 1.77. The van der Waals surface area contributed by atoms with Crippen molar-refractivity contribution >= 4 is 5.91 Å². The van der Waals surface area contributed by atoms with Crippen LogP contribution >= 0.6 is 0 Å². The van der Waals surface area contributed by atoms with Crippen molar-refractivity contribution in [2.24, 2.45) is 5.73 Å². The fraction of sp³-hybridized carbons (Fsp3) is 0.438. The highest BCUT2D eigenvalue weighted by Gasteiger charge is 2.14. The number of phenolic OH excluding ortho intramolecular Hbond substituents is 2. The number of benzene rings is 1. The van der Waals surface area contributed by atoms with E-state index in [2.05, 4.69) is 11.2 Å². The first kappa shape index (κ1) is 18.8. The third-order valence-corrected chi connectivity index (χ3v) is 2.94. The van der Waals surface area contributed by atoms with Gasteiger partial charge in [-0.05, 0) is 24.1 Å². The number of nitrogens with one attached hydrogen (secondary N) is 1. The van der Waals surface area contributed by atoms with E-state index in [0.717, 1.165) is 0 Å². The molecule has 1 aromatic rings. The number of hydrogen-bond acceptors (Lipinski definition) is 6. The molecule has 0 saturated carbocycles. The molecule has 126 valence electrons. The van der Waals surface area contributed by atoms with Crippen LogP contribution in [0.3, 0.4) is 0 Å². The topological polar surface area (TPSA) is 114 Å². The van der Waals surface area contributed by atoms with Gasteiger partial charge in [0.1, 0.15) is 6.61 Å². The van der Waals surface area contributed by atoms with Crippen molar-refractivity contribution in [3.8, 4) is 23.8 Å². The summed E-state index contributed by atoms with van der Waals surface area (Å²) in [7, 11) is 0. The van der Waals surface area contributed by atoms with E-state index in [1.165, 1.54) is 12.1 Å². The van der Waals surface area contributed by atoms with Gasteiger partial charge >= 0.3 is 0 Å². The van der Waals surface area contributed by atoms with Gasteiger partial charge in [0, 0.05) is 6.54 Å². The van der Waals surface area contributed by atoms with Crippen LogP contribution in [0.4, 0.5) is 0 Å². The Bertz CT molecular complexity index is 542. The molecule has 0 aliphatic heterocycles. The molecule has 0 unspecified atom stereocenters. The first-order valence-electron chi connectivity index (χ1n) is 7.17. The second-order valence-electron chi connectivity index (χ2n) is 4.79. The maximum atomic E-state index is 11.8. The van der Waals surface area contributed by atoms with Crippen LogP contribution in [0.2, 0.25) is 0 Å². The molecule has 0 bridgehead atoms. The van der Waals surface area contributed by atoms with Gasteiger partial charge < -0.3 is 30.7 Å². The van der Waals surface area contributed by atoms with E-state index in [1.54, 1.807) is 6.07 Å². The van der Waals surface area contributed by atoms with Gasteiger partial charge in [0.25, 0.3) is 0 Å². The zero-order chi connectivity index (χ0) is 17.1. The predicted molar refractivity (Wildman–Crippen MR) is 84.9 cm³/mol. The summed E-state index contributed by atoms with van der Waals surface area (Å²) >= 11 is 0. The molecule has 1 aromatic carbocycles. The Morgan fingerprint density at radius 3 is 2.70 bits per heavy atom. The third kappa shape index (κ3) is 7.51. The SMILES string of the molecule is C#CCOCCOCCNC(=O)[C@@H](N)Cc1ccc(O)c(O)c1. The maximum Gasteiger partial charge on any atom is 0.237 e. The van der Waals surface area contributed by atoms with Gasteiger partial charge in [-0.3, -0.25) is 4.79 Å². The Morgan fingerprint density at radius 1 is 1.26 bits per heavy atom. The van der Waals surface area contributed by atoms with Crippen molar-refractivity contribution in [3.63, 3.8) is 0 Å². The molecule has 1 amide bonds. The summed E-state index contributed by atoms with van der Waals surface area (Å²) in [6.07, 6.45) is 5.27. The molecular weight excluding hydrogens is 300 g/mol. The number of aromatic hydroxyl groups is 2. The van der Waals surface area contributed by atoms with Crippen molar-refractivity contribution < 1.29 is 24.5 Å². The van der Waals surface area contributed by atoms with Gasteiger partial charge in [0.05, 0.1) is 25.9 Å². The lowest BCUT2D eigenvalue weighted by molar-refractivity contribution is -0.122. The molecule has 7 nitrogen and oxygen atoms in total. The molecule has 0 aliphatic carbocycles. The lowest BCUT2D eigenvalue weighted by Gasteiger charge is -2.13. The second-order valence-corrected chi connectivity index (χ2v) is 4.79. The molecule has 0 fully saturated rings. The van der Waals surface area contributed by atoms with Gasteiger partial charge in [0.15, 0.2) is 11.5 Å². The average Bonchev–Trinajstić information content (AvgIpc) is 2.53. The lowest BCUT2D eigenvalue weighted by Crippen LogP contribution is -2.43. The third-order valence-electron chi connectivity index (χ3n) is 2.94. The first-order valence-corrected chi connectivity index (χ1v) is 7.17. The number of ether oxygens (including phenoxy) is 2. The fourth-order valence-electron chi connectivity index (χ4n) is 1.77. The zero-order valence-electron chi connectivity index (χ0n) is 12.8.